The molecule has 0 fully saturated rings. The summed E-state index contributed by atoms with van der Waals surface area (Å²) in [6.07, 6.45) is 0. The number of aromatic nitrogens is 2. The van der Waals surface area contributed by atoms with E-state index < -0.39 is 0 Å². The van der Waals surface area contributed by atoms with Gasteiger partial charge in [0.2, 0.25) is 0 Å². The zero-order valence-corrected chi connectivity index (χ0v) is 18.0. The van der Waals surface area contributed by atoms with Gasteiger partial charge in [-0.3, -0.25) is 4.40 Å². The van der Waals surface area contributed by atoms with E-state index in [1.807, 2.05) is 0 Å². The second kappa shape index (κ2) is 5.64. The number of rotatable bonds is 0. The second-order valence-corrected chi connectivity index (χ2v) is 9.22. The maximum Gasteiger partial charge on any atom is 0.146 e. The van der Waals surface area contributed by atoms with Crippen LogP contribution in [0.4, 0.5) is 0 Å². The molecule has 0 N–H and O–H groups in total. The van der Waals surface area contributed by atoms with Crippen molar-refractivity contribution in [1.82, 2.24) is 9.38 Å². The normalized spacial score (nSPS) is 12.7. The van der Waals surface area contributed by atoms with Crippen LogP contribution in [0.5, 0.6) is 0 Å². The lowest BCUT2D eigenvalue weighted by molar-refractivity contribution is 0.670. The largest absolute Gasteiger partial charge is 0.456 e. The fraction of sp³-hybridized carbons (Fsp3) is 0. The minimum absolute atomic E-state index is 0.926. The number of fused-ring (bicyclic) bond motifs is 12. The number of hydrogen-bond donors (Lipinski definition) is 0. The smallest absolute Gasteiger partial charge is 0.146 e. The standard InChI is InChI=1S/C31H16N2O/c1-3-8-19-17(6-1)12-13-27-29(19)24-15-26-22(16-28(24)34-27)20-9-5-10-21-23-14-18-7-2-4-11-25(18)32-31(23)33(26)30(20)21/h1-16H. The van der Waals surface area contributed by atoms with E-state index in [0.29, 0.717) is 0 Å². The average molecular weight is 432 g/mol. The lowest BCUT2D eigenvalue weighted by Crippen LogP contribution is -1.86. The van der Waals surface area contributed by atoms with E-state index in [4.69, 9.17) is 9.40 Å². The third-order valence-electron chi connectivity index (χ3n) is 7.47. The molecular formula is C31H16N2O. The summed E-state index contributed by atoms with van der Waals surface area (Å²) in [6, 6.07) is 34.5. The fourth-order valence-corrected chi connectivity index (χ4v) is 6.02. The maximum atomic E-state index is 6.38. The quantitative estimate of drug-likeness (QED) is 0.241. The average Bonchev–Trinajstić information content (AvgIpc) is 3.52. The third kappa shape index (κ3) is 1.89. The molecular weight excluding hydrogens is 416 g/mol. The van der Waals surface area contributed by atoms with Crippen molar-refractivity contribution in [3.63, 3.8) is 0 Å². The van der Waals surface area contributed by atoms with Gasteiger partial charge in [0, 0.05) is 37.7 Å². The first-order valence-electron chi connectivity index (χ1n) is 11.6. The van der Waals surface area contributed by atoms with Crippen LogP contribution in [-0.4, -0.2) is 9.38 Å². The van der Waals surface area contributed by atoms with Crippen molar-refractivity contribution >= 4 is 81.8 Å². The van der Waals surface area contributed by atoms with Crippen molar-refractivity contribution in [1.29, 1.82) is 0 Å². The number of pyridine rings is 1. The summed E-state index contributed by atoms with van der Waals surface area (Å²) in [5.74, 6) is 0. The fourth-order valence-electron chi connectivity index (χ4n) is 6.02. The Morgan fingerprint density at radius 3 is 2.29 bits per heavy atom. The molecule has 0 aliphatic heterocycles. The number of para-hydroxylation sites is 2. The Morgan fingerprint density at radius 2 is 1.35 bits per heavy atom. The van der Waals surface area contributed by atoms with Crippen LogP contribution >= 0.6 is 0 Å². The van der Waals surface area contributed by atoms with Gasteiger partial charge in [0.25, 0.3) is 0 Å². The molecule has 9 rings (SSSR count). The van der Waals surface area contributed by atoms with E-state index in [1.54, 1.807) is 0 Å². The van der Waals surface area contributed by atoms with E-state index in [-0.39, 0.29) is 0 Å². The topological polar surface area (TPSA) is 30.4 Å². The summed E-state index contributed by atoms with van der Waals surface area (Å²) in [4.78, 5) is 5.14. The van der Waals surface area contributed by atoms with Crippen LogP contribution in [0.3, 0.4) is 0 Å². The number of furan rings is 1. The minimum Gasteiger partial charge on any atom is -0.456 e. The second-order valence-electron chi connectivity index (χ2n) is 9.22. The lowest BCUT2D eigenvalue weighted by atomic mass is 10.0. The first kappa shape index (κ1) is 16.9. The molecule has 5 aromatic carbocycles. The zero-order chi connectivity index (χ0) is 22.0. The highest BCUT2D eigenvalue weighted by molar-refractivity contribution is 6.27. The Labute approximate surface area is 192 Å². The third-order valence-corrected chi connectivity index (χ3v) is 7.47. The molecule has 0 aliphatic carbocycles. The van der Waals surface area contributed by atoms with Crippen molar-refractivity contribution in [2.45, 2.75) is 0 Å². The van der Waals surface area contributed by atoms with Crippen LogP contribution in [0.15, 0.2) is 101 Å². The van der Waals surface area contributed by atoms with E-state index in [2.05, 4.69) is 101 Å². The van der Waals surface area contributed by atoms with Gasteiger partial charge in [-0.1, -0.05) is 66.7 Å². The van der Waals surface area contributed by atoms with E-state index in [9.17, 15) is 0 Å². The lowest BCUT2D eigenvalue weighted by Gasteiger charge is -2.01. The van der Waals surface area contributed by atoms with Crippen molar-refractivity contribution in [2.75, 3.05) is 0 Å². The van der Waals surface area contributed by atoms with Crippen molar-refractivity contribution < 1.29 is 4.42 Å². The molecule has 0 bridgehead atoms. The first-order chi connectivity index (χ1) is 16.8. The molecule has 0 radical (unpaired) electrons. The van der Waals surface area contributed by atoms with Crippen LogP contribution in [-0.2, 0) is 0 Å². The highest BCUT2D eigenvalue weighted by Gasteiger charge is 2.21. The Hall–Kier alpha value is -4.63. The summed E-state index contributed by atoms with van der Waals surface area (Å²) in [6.45, 7) is 0. The summed E-state index contributed by atoms with van der Waals surface area (Å²) in [7, 11) is 0. The van der Waals surface area contributed by atoms with E-state index in [1.165, 1.54) is 54.1 Å². The predicted molar refractivity (Wildman–Crippen MR) is 141 cm³/mol. The van der Waals surface area contributed by atoms with Gasteiger partial charge < -0.3 is 4.42 Å². The molecule has 0 saturated carbocycles. The Balaban J connectivity index is 1.56. The highest BCUT2D eigenvalue weighted by atomic mass is 16.3. The highest BCUT2D eigenvalue weighted by Crippen LogP contribution is 2.43. The summed E-state index contributed by atoms with van der Waals surface area (Å²) < 4.78 is 8.73. The van der Waals surface area contributed by atoms with Crippen molar-refractivity contribution in [2.24, 2.45) is 0 Å². The summed E-state index contributed by atoms with van der Waals surface area (Å²) in [5.41, 5.74) is 6.29. The molecule has 0 amide bonds. The van der Waals surface area contributed by atoms with Gasteiger partial charge in [-0.15, -0.1) is 0 Å². The van der Waals surface area contributed by atoms with Gasteiger partial charge in [0.1, 0.15) is 16.8 Å². The molecule has 156 valence electrons. The SMILES string of the molecule is c1ccc2nc3c(cc2c1)c1cccc2c4cc5oc6ccc7ccccc7c6c5cc4n3c21. The van der Waals surface area contributed by atoms with Crippen LogP contribution in [0.2, 0.25) is 0 Å². The monoisotopic (exact) mass is 432 g/mol. The number of benzene rings is 5. The molecule has 4 heterocycles. The van der Waals surface area contributed by atoms with Gasteiger partial charge in [0.05, 0.1) is 16.6 Å². The van der Waals surface area contributed by atoms with Crippen LogP contribution < -0.4 is 0 Å². The molecule has 4 aromatic heterocycles. The van der Waals surface area contributed by atoms with Gasteiger partial charge in [-0.05, 0) is 41.1 Å². The molecule has 0 spiro atoms. The molecule has 0 atom stereocenters. The first-order valence-corrected chi connectivity index (χ1v) is 11.6. The maximum absolute atomic E-state index is 6.38. The van der Waals surface area contributed by atoms with Gasteiger partial charge >= 0.3 is 0 Å². The van der Waals surface area contributed by atoms with Crippen LogP contribution in [0.1, 0.15) is 0 Å². The zero-order valence-electron chi connectivity index (χ0n) is 18.0. The van der Waals surface area contributed by atoms with Gasteiger partial charge in [0.15, 0.2) is 0 Å². The molecule has 0 aliphatic rings. The number of nitrogens with zero attached hydrogens (tertiary/aromatic N) is 2. The van der Waals surface area contributed by atoms with Crippen LogP contribution in [0.25, 0.3) is 81.8 Å². The molecule has 34 heavy (non-hydrogen) atoms. The van der Waals surface area contributed by atoms with Crippen LogP contribution in [0, 0.1) is 0 Å². The molecule has 0 saturated heterocycles. The Kier molecular flexibility index (Phi) is 2.81. The predicted octanol–water partition coefficient (Wildman–Crippen LogP) is 8.44. The van der Waals surface area contributed by atoms with Gasteiger partial charge in [-0.2, -0.15) is 0 Å². The Bertz CT molecular complexity index is 2280. The molecule has 0 unspecified atom stereocenters. The molecule has 3 heteroatoms. The minimum atomic E-state index is 0.926. The molecule has 3 nitrogen and oxygen atoms in total. The van der Waals surface area contributed by atoms with Crippen molar-refractivity contribution in [3.05, 3.63) is 97.1 Å². The summed E-state index contributed by atoms with van der Waals surface area (Å²) in [5, 5.41) is 10.8. The van der Waals surface area contributed by atoms with E-state index in [0.717, 1.165) is 27.7 Å². The Morgan fingerprint density at radius 1 is 0.559 bits per heavy atom. The van der Waals surface area contributed by atoms with Crippen molar-refractivity contribution in [3.8, 4) is 0 Å². The summed E-state index contributed by atoms with van der Waals surface area (Å²) >= 11 is 0. The van der Waals surface area contributed by atoms with Gasteiger partial charge in [-0.25, -0.2) is 4.98 Å². The van der Waals surface area contributed by atoms with E-state index >= 15 is 0 Å². The number of hydrogen-bond acceptors (Lipinski definition) is 2. The molecule has 9 aromatic rings.